The number of likely N-dealkylation sites (tertiary alicyclic amines) is 1. The van der Waals surface area contributed by atoms with E-state index < -0.39 is 16.9 Å². The molecule has 2 aliphatic carbocycles. The Morgan fingerprint density at radius 1 is 1.27 bits per heavy atom. The second-order valence-electron chi connectivity index (χ2n) is 9.48. The van der Waals surface area contributed by atoms with Crippen LogP contribution in [0.25, 0.3) is 0 Å². The lowest BCUT2D eigenvalue weighted by Crippen LogP contribution is -3.00. The van der Waals surface area contributed by atoms with Crippen LogP contribution in [-0.2, 0) is 18.4 Å². The van der Waals surface area contributed by atoms with E-state index in [0.29, 0.717) is 17.3 Å². The highest BCUT2D eigenvalue weighted by Gasteiger charge is 2.68. The monoisotopic (exact) mass is 432 g/mol. The number of primary amides is 1. The lowest BCUT2D eigenvalue weighted by molar-refractivity contribution is -0.962. The first-order valence-corrected chi connectivity index (χ1v) is 10.5. The summed E-state index contributed by atoms with van der Waals surface area (Å²) >= 11 is 0. The zero-order valence-electron chi connectivity index (χ0n) is 17.2. The van der Waals surface area contributed by atoms with Gasteiger partial charge in [-0.25, -0.2) is 0 Å². The van der Waals surface area contributed by atoms with E-state index in [1.807, 2.05) is 18.2 Å². The number of likely N-dealkylation sites (N-methyl/N-ethyl adjacent to an activating group) is 1. The first kappa shape index (κ1) is 21.2. The molecule has 2 fully saturated rings. The third-order valence-corrected chi connectivity index (χ3v) is 8.11. The molecule has 4 N–H and O–H groups in total. The molecule has 30 heavy (non-hydrogen) atoms. The van der Waals surface area contributed by atoms with Gasteiger partial charge in [-0.15, -0.1) is 0 Å². The molecule has 5 rings (SSSR count). The van der Waals surface area contributed by atoms with Crippen molar-refractivity contribution in [1.82, 2.24) is 0 Å². The first-order valence-electron chi connectivity index (χ1n) is 10.5. The Morgan fingerprint density at radius 2 is 2.03 bits per heavy atom. The van der Waals surface area contributed by atoms with Crippen LogP contribution >= 0.6 is 0 Å². The molecule has 2 heterocycles. The Morgan fingerprint density at radius 3 is 2.73 bits per heavy atom. The number of phenols is 1. The van der Waals surface area contributed by atoms with Gasteiger partial charge in [-0.2, -0.15) is 0 Å². The molecule has 1 aromatic heterocycles. The molecular weight excluding hydrogens is 404 g/mol. The van der Waals surface area contributed by atoms with E-state index >= 15 is 0 Å². The lowest BCUT2D eigenvalue weighted by Gasteiger charge is -2.65. The largest absolute Gasteiger partial charge is 1.00 e. The number of fused-ring (bicyclic) bond motifs is 1. The van der Waals surface area contributed by atoms with E-state index in [2.05, 4.69) is 7.05 Å². The fourth-order valence-electron chi connectivity index (χ4n) is 6.77. The van der Waals surface area contributed by atoms with Gasteiger partial charge in [0.25, 0.3) is 5.91 Å². The average molecular weight is 433 g/mol. The minimum absolute atomic E-state index is 0. The number of halogens is 1. The van der Waals surface area contributed by atoms with Gasteiger partial charge in [0.1, 0.15) is 23.9 Å². The summed E-state index contributed by atoms with van der Waals surface area (Å²) in [5, 5.41) is 23.3. The SMILES string of the molecule is C[N+]1(Cc2ccco2)CC[C@]23CCCC[C@@]2(O)[C@H]1Cc1ccc(C(N)=O)c(O)c13.[Cl-]. The molecule has 1 aromatic carbocycles. The highest BCUT2D eigenvalue weighted by atomic mass is 35.5. The number of aromatic hydroxyl groups is 1. The Hall–Kier alpha value is -2.02. The summed E-state index contributed by atoms with van der Waals surface area (Å²) in [6.07, 6.45) is 6.65. The maximum absolute atomic E-state index is 12.3. The molecule has 1 unspecified atom stereocenters. The van der Waals surface area contributed by atoms with Crippen LogP contribution in [0.2, 0.25) is 0 Å². The molecule has 1 aliphatic heterocycles. The van der Waals surface area contributed by atoms with Gasteiger partial charge < -0.3 is 37.3 Å². The zero-order valence-corrected chi connectivity index (χ0v) is 18.0. The molecule has 2 bridgehead atoms. The molecule has 3 aliphatic rings. The summed E-state index contributed by atoms with van der Waals surface area (Å²) in [6.45, 7) is 1.62. The van der Waals surface area contributed by atoms with Crippen LogP contribution in [-0.4, -0.2) is 45.8 Å². The van der Waals surface area contributed by atoms with Gasteiger partial charge in [0.05, 0.1) is 25.4 Å². The number of carbonyl (C=O) groups excluding carboxylic acids is 1. The van der Waals surface area contributed by atoms with Crippen LogP contribution < -0.4 is 18.1 Å². The number of piperidine rings is 1. The molecule has 4 atom stereocenters. The minimum Gasteiger partial charge on any atom is -1.00 e. The molecule has 6 nitrogen and oxygen atoms in total. The van der Waals surface area contributed by atoms with Crippen molar-refractivity contribution in [2.45, 2.75) is 62.1 Å². The maximum Gasteiger partial charge on any atom is 0.252 e. The van der Waals surface area contributed by atoms with Crippen molar-refractivity contribution in [3.05, 3.63) is 53.0 Å². The molecule has 1 saturated heterocycles. The van der Waals surface area contributed by atoms with E-state index in [1.165, 1.54) is 0 Å². The van der Waals surface area contributed by atoms with Crippen molar-refractivity contribution in [1.29, 1.82) is 0 Å². The number of nitrogens with zero attached hydrogens (tertiary/aromatic N) is 1. The van der Waals surface area contributed by atoms with Crippen LogP contribution in [0.4, 0.5) is 0 Å². The lowest BCUT2D eigenvalue weighted by atomic mass is 9.48. The third kappa shape index (κ3) is 2.67. The number of nitrogens with two attached hydrogens (primary N) is 1. The van der Waals surface area contributed by atoms with Gasteiger partial charge in [0.2, 0.25) is 0 Å². The first-order chi connectivity index (χ1) is 13.8. The van der Waals surface area contributed by atoms with Gasteiger partial charge in [0, 0.05) is 23.8 Å². The summed E-state index contributed by atoms with van der Waals surface area (Å²) in [5.41, 5.74) is 6.03. The van der Waals surface area contributed by atoms with Crippen molar-refractivity contribution >= 4 is 5.91 Å². The molecular formula is C23H29ClN2O4. The van der Waals surface area contributed by atoms with Crippen molar-refractivity contribution in [3.63, 3.8) is 0 Å². The molecule has 7 heteroatoms. The molecule has 162 valence electrons. The number of benzene rings is 1. The minimum atomic E-state index is -0.925. The fraction of sp³-hybridized carbons (Fsp3) is 0.522. The van der Waals surface area contributed by atoms with Gasteiger partial charge in [-0.05, 0) is 36.6 Å². The van der Waals surface area contributed by atoms with E-state index in [-0.39, 0.29) is 29.8 Å². The summed E-state index contributed by atoms with van der Waals surface area (Å²) in [7, 11) is 2.21. The zero-order chi connectivity index (χ0) is 20.4. The number of quaternary nitrogens is 1. The number of amides is 1. The van der Waals surface area contributed by atoms with E-state index in [0.717, 1.165) is 55.7 Å². The summed E-state index contributed by atoms with van der Waals surface area (Å²) in [6, 6.07) is 7.48. The van der Waals surface area contributed by atoms with Gasteiger partial charge >= 0.3 is 0 Å². The Labute approximate surface area is 182 Å². The van der Waals surface area contributed by atoms with Gasteiger partial charge in [0.15, 0.2) is 5.76 Å². The highest BCUT2D eigenvalue weighted by Crippen LogP contribution is 2.61. The molecule has 1 saturated carbocycles. The smallest absolute Gasteiger partial charge is 0.252 e. The Bertz CT molecular complexity index is 978. The second kappa shape index (κ2) is 7.01. The van der Waals surface area contributed by atoms with Crippen molar-refractivity contribution in [3.8, 4) is 5.75 Å². The predicted octanol–water partition coefficient (Wildman–Crippen LogP) is -0.394. The standard InChI is InChI=1S/C23H28N2O4.ClH/c1-25(14-16-5-4-12-29-16)11-10-22-8-2-3-9-23(22,28)18(25)13-15-6-7-17(21(24)27)20(26)19(15)22;/h4-7,12,18,28H,2-3,8-11,13-14H2,1H3,(H2-,24,26,27);1H/t18-,22+,23-,25?;/m1./s1. The van der Waals surface area contributed by atoms with Crippen LogP contribution in [0.1, 0.15) is 59.3 Å². The Balaban J connectivity index is 0.00000218. The number of hydrogen-bond donors (Lipinski definition) is 3. The van der Waals surface area contributed by atoms with Crippen LogP contribution in [0, 0.1) is 0 Å². The second-order valence-corrected chi connectivity index (χ2v) is 9.48. The predicted molar refractivity (Wildman–Crippen MR) is 107 cm³/mol. The topological polar surface area (TPSA) is 96.7 Å². The quantitative estimate of drug-likeness (QED) is 0.575. The number of carbonyl (C=O) groups is 1. The highest BCUT2D eigenvalue weighted by molar-refractivity contribution is 5.96. The molecule has 1 amide bonds. The average Bonchev–Trinajstić information content (AvgIpc) is 3.17. The van der Waals surface area contributed by atoms with Crippen LogP contribution in [0.3, 0.4) is 0 Å². The van der Waals surface area contributed by atoms with E-state index in [4.69, 9.17) is 10.2 Å². The summed E-state index contributed by atoms with van der Waals surface area (Å²) in [5.74, 6) is 0.283. The number of furan rings is 1. The van der Waals surface area contributed by atoms with E-state index in [9.17, 15) is 15.0 Å². The number of hydrogen-bond acceptors (Lipinski definition) is 4. The molecule has 0 radical (unpaired) electrons. The van der Waals surface area contributed by atoms with Gasteiger partial charge in [-0.3, -0.25) is 4.79 Å². The van der Waals surface area contributed by atoms with Crippen molar-refractivity contribution < 1.29 is 36.3 Å². The molecule has 2 aromatic rings. The summed E-state index contributed by atoms with van der Waals surface area (Å²) in [4.78, 5) is 11.9. The van der Waals surface area contributed by atoms with E-state index in [1.54, 1.807) is 12.3 Å². The fourth-order valence-corrected chi connectivity index (χ4v) is 6.77. The van der Waals surface area contributed by atoms with Crippen molar-refractivity contribution in [2.75, 3.05) is 13.6 Å². The maximum atomic E-state index is 12.3. The number of rotatable bonds is 3. The number of aliphatic hydroxyl groups is 1. The van der Waals surface area contributed by atoms with Crippen LogP contribution in [0.15, 0.2) is 34.9 Å². The van der Waals surface area contributed by atoms with Gasteiger partial charge in [-0.1, -0.05) is 18.9 Å². The summed E-state index contributed by atoms with van der Waals surface area (Å²) < 4.78 is 6.36. The molecule has 0 spiro atoms. The Kier molecular flexibility index (Phi) is 4.96. The normalized spacial score (nSPS) is 34.4. The van der Waals surface area contributed by atoms with Crippen molar-refractivity contribution in [2.24, 2.45) is 5.73 Å². The van der Waals surface area contributed by atoms with Crippen LogP contribution in [0.5, 0.6) is 5.75 Å². The third-order valence-electron chi connectivity index (χ3n) is 8.11.